The summed E-state index contributed by atoms with van der Waals surface area (Å²) in [6, 6.07) is 0. The van der Waals surface area contributed by atoms with Crippen LogP contribution in [0.25, 0.3) is 0 Å². The standard InChI is InChI=1S/C24H38N2O3/c1-15-12-24(28)13-16(26-29-17-8-11-25-14-17)6-10-23(24,3)19-7-9-22(2)18(21(15)19)4-5-20(22)27/h15,17-19,21,25,28H,4-14H2,1-3H3/t15-,17?,18+,19+,21+,22+,23-,24-/m1/s1. The van der Waals surface area contributed by atoms with Gasteiger partial charge >= 0.3 is 0 Å². The number of fused-ring (bicyclic) bond motifs is 5. The van der Waals surface area contributed by atoms with Crippen molar-refractivity contribution in [2.24, 2.45) is 39.7 Å². The maximum Gasteiger partial charge on any atom is 0.141 e. The molecule has 5 aliphatic rings. The fourth-order valence-electron chi connectivity index (χ4n) is 8.22. The minimum absolute atomic E-state index is 0.0783. The number of hydrogen-bond donors (Lipinski definition) is 2. The Hall–Kier alpha value is -0.940. The topological polar surface area (TPSA) is 70.9 Å². The van der Waals surface area contributed by atoms with E-state index in [1.165, 1.54) is 0 Å². The monoisotopic (exact) mass is 402 g/mol. The van der Waals surface area contributed by atoms with Crippen molar-refractivity contribution in [1.29, 1.82) is 0 Å². The number of nitrogens with one attached hydrogen (secondary N) is 1. The van der Waals surface area contributed by atoms with E-state index in [4.69, 9.17) is 4.84 Å². The van der Waals surface area contributed by atoms with E-state index in [9.17, 15) is 9.90 Å². The Balaban J connectivity index is 1.39. The van der Waals surface area contributed by atoms with E-state index >= 15 is 0 Å². The van der Waals surface area contributed by atoms with Crippen LogP contribution in [-0.4, -0.2) is 41.4 Å². The first-order valence-electron chi connectivity index (χ1n) is 11.9. The molecule has 2 N–H and O–H groups in total. The lowest BCUT2D eigenvalue weighted by atomic mass is 9.41. The molecule has 8 atom stereocenters. The summed E-state index contributed by atoms with van der Waals surface area (Å²) < 4.78 is 0. The number of oxime groups is 1. The molecule has 5 heteroatoms. The Labute approximate surface area is 175 Å². The van der Waals surface area contributed by atoms with Gasteiger partial charge in [-0.05, 0) is 68.7 Å². The van der Waals surface area contributed by atoms with E-state index in [0.29, 0.717) is 35.9 Å². The van der Waals surface area contributed by atoms with Crippen LogP contribution < -0.4 is 5.32 Å². The third-order valence-corrected chi connectivity index (χ3v) is 10.0. The summed E-state index contributed by atoms with van der Waals surface area (Å²) in [5.41, 5.74) is 0.161. The highest BCUT2D eigenvalue weighted by Gasteiger charge is 2.66. The van der Waals surface area contributed by atoms with Crippen LogP contribution >= 0.6 is 0 Å². The van der Waals surface area contributed by atoms with Gasteiger partial charge in [0.25, 0.3) is 0 Å². The predicted octanol–water partition coefficient (Wildman–Crippen LogP) is 3.69. The lowest BCUT2D eigenvalue weighted by Crippen LogP contribution is -2.64. The lowest BCUT2D eigenvalue weighted by molar-refractivity contribution is -0.206. The van der Waals surface area contributed by atoms with Crippen molar-refractivity contribution >= 4 is 11.5 Å². The Morgan fingerprint density at radius 2 is 1.97 bits per heavy atom. The molecule has 1 unspecified atom stereocenters. The smallest absolute Gasteiger partial charge is 0.141 e. The van der Waals surface area contributed by atoms with Gasteiger partial charge in [-0.1, -0.05) is 25.9 Å². The molecule has 0 aromatic heterocycles. The van der Waals surface area contributed by atoms with Crippen LogP contribution in [0.5, 0.6) is 0 Å². The number of aliphatic hydroxyl groups is 1. The number of nitrogens with zero attached hydrogens (tertiary/aromatic N) is 1. The van der Waals surface area contributed by atoms with Crippen molar-refractivity contribution in [3.8, 4) is 0 Å². The molecule has 0 aromatic carbocycles. The van der Waals surface area contributed by atoms with Gasteiger partial charge in [0, 0.05) is 36.6 Å². The molecule has 0 spiro atoms. The molecule has 1 saturated heterocycles. The van der Waals surface area contributed by atoms with Crippen molar-refractivity contribution in [2.75, 3.05) is 13.1 Å². The van der Waals surface area contributed by atoms with E-state index in [1.807, 2.05) is 0 Å². The van der Waals surface area contributed by atoms with Crippen molar-refractivity contribution in [1.82, 2.24) is 5.32 Å². The first-order valence-corrected chi connectivity index (χ1v) is 11.9. The van der Waals surface area contributed by atoms with Crippen LogP contribution in [0.15, 0.2) is 5.16 Å². The Kier molecular flexibility index (Phi) is 4.67. The van der Waals surface area contributed by atoms with Crippen molar-refractivity contribution in [3.05, 3.63) is 0 Å². The summed E-state index contributed by atoms with van der Waals surface area (Å²) in [5, 5.41) is 19.8. The molecule has 1 aliphatic heterocycles. The largest absolute Gasteiger partial charge is 0.391 e. The first-order chi connectivity index (χ1) is 13.8. The third-order valence-electron chi connectivity index (χ3n) is 10.0. The van der Waals surface area contributed by atoms with E-state index in [0.717, 1.165) is 70.2 Å². The van der Waals surface area contributed by atoms with E-state index in [-0.39, 0.29) is 16.9 Å². The molecule has 162 valence electrons. The molecule has 4 aliphatic carbocycles. The van der Waals surface area contributed by atoms with Gasteiger partial charge in [-0.2, -0.15) is 0 Å². The number of carbonyl (C=O) groups excluding carboxylic acids is 1. The molecule has 5 nitrogen and oxygen atoms in total. The average Bonchev–Trinajstić information content (AvgIpc) is 3.30. The van der Waals surface area contributed by atoms with Crippen LogP contribution in [0.1, 0.15) is 78.6 Å². The molecule has 5 rings (SSSR count). The summed E-state index contributed by atoms with van der Waals surface area (Å²) in [4.78, 5) is 18.5. The maximum atomic E-state index is 12.7. The second-order valence-electron chi connectivity index (χ2n) is 11.4. The highest BCUT2D eigenvalue weighted by atomic mass is 16.6. The first kappa shape index (κ1) is 20.0. The zero-order chi connectivity index (χ0) is 20.4. The number of rotatable bonds is 2. The Morgan fingerprint density at radius 1 is 1.14 bits per heavy atom. The van der Waals surface area contributed by atoms with Crippen LogP contribution in [0.4, 0.5) is 0 Å². The second-order valence-corrected chi connectivity index (χ2v) is 11.4. The molecular formula is C24H38N2O3. The van der Waals surface area contributed by atoms with E-state index in [2.05, 4.69) is 31.2 Å². The highest BCUT2D eigenvalue weighted by Crippen LogP contribution is 2.67. The average molecular weight is 403 g/mol. The van der Waals surface area contributed by atoms with Gasteiger partial charge in [-0.3, -0.25) is 4.79 Å². The molecule has 1 heterocycles. The molecule has 5 fully saturated rings. The number of Topliss-reactive ketones (excluding diaryl/α,β-unsaturated/α-hetero) is 1. The van der Waals surface area contributed by atoms with Gasteiger partial charge in [0.2, 0.25) is 0 Å². The second kappa shape index (κ2) is 6.78. The molecule has 0 amide bonds. The number of hydrogen-bond acceptors (Lipinski definition) is 5. The van der Waals surface area contributed by atoms with Crippen molar-refractivity contribution in [2.45, 2.75) is 90.3 Å². The zero-order valence-corrected chi connectivity index (χ0v) is 18.4. The third kappa shape index (κ3) is 2.86. The highest BCUT2D eigenvalue weighted by molar-refractivity contribution is 5.87. The normalized spacial score (nSPS) is 53.4. The molecular weight excluding hydrogens is 364 g/mol. The number of ketones is 1. The Bertz CT molecular complexity index is 717. The molecule has 0 aromatic rings. The zero-order valence-electron chi connectivity index (χ0n) is 18.4. The van der Waals surface area contributed by atoms with Gasteiger partial charge in [-0.15, -0.1) is 0 Å². The van der Waals surface area contributed by atoms with Crippen LogP contribution in [-0.2, 0) is 9.63 Å². The van der Waals surface area contributed by atoms with Gasteiger partial charge in [0.05, 0.1) is 11.3 Å². The lowest BCUT2D eigenvalue weighted by Gasteiger charge is -2.64. The van der Waals surface area contributed by atoms with Gasteiger partial charge < -0.3 is 15.3 Å². The summed E-state index contributed by atoms with van der Waals surface area (Å²) in [6.45, 7) is 8.78. The van der Waals surface area contributed by atoms with E-state index in [1.54, 1.807) is 0 Å². The minimum Gasteiger partial charge on any atom is -0.391 e. The van der Waals surface area contributed by atoms with Crippen LogP contribution in [0, 0.1) is 34.5 Å². The fraction of sp³-hybridized carbons (Fsp3) is 0.917. The fourth-order valence-corrected chi connectivity index (χ4v) is 8.22. The van der Waals surface area contributed by atoms with Gasteiger partial charge in [0.15, 0.2) is 0 Å². The molecule has 0 bridgehead atoms. The number of carbonyl (C=O) groups is 1. The van der Waals surface area contributed by atoms with Crippen molar-refractivity contribution < 1.29 is 14.7 Å². The predicted molar refractivity (Wildman–Crippen MR) is 113 cm³/mol. The van der Waals surface area contributed by atoms with E-state index < -0.39 is 5.60 Å². The quantitative estimate of drug-likeness (QED) is 0.691. The summed E-state index contributed by atoms with van der Waals surface area (Å²) in [6.07, 6.45) is 8.51. The van der Waals surface area contributed by atoms with Gasteiger partial charge in [0.1, 0.15) is 11.9 Å². The summed E-state index contributed by atoms with van der Waals surface area (Å²) in [5.74, 6) is 2.55. The molecule has 4 saturated carbocycles. The van der Waals surface area contributed by atoms with Gasteiger partial charge in [-0.25, -0.2) is 0 Å². The minimum atomic E-state index is -0.696. The van der Waals surface area contributed by atoms with Crippen LogP contribution in [0.2, 0.25) is 0 Å². The molecule has 0 radical (unpaired) electrons. The van der Waals surface area contributed by atoms with Crippen molar-refractivity contribution in [3.63, 3.8) is 0 Å². The van der Waals surface area contributed by atoms with Crippen LogP contribution in [0.3, 0.4) is 0 Å². The summed E-state index contributed by atoms with van der Waals surface area (Å²) in [7, 11) is 0. The SMILES string of the molecule is C[C@@H]1C[C@@]2(O)CC(=NOC3CCNC3)CC[C@]2(C)[C@H]2CC[C@]3(C)C(=O)CC[C@H]3[C@H]12. The maximum absolute atomic E-state index is 12.7. The Morgan fingerprint density at radius 3 is 2.72 bits per heavy atom. The molecule has 29 heavy (non-hydrogen) atoms. The summed E-state index contributed by atoms with van der Waals surface area (Å²) >= 11 is 0.